The SMILES string of the molecule is COCc1nc(NCc2ccc(-n3cncn3)cc2)cc(C2CC(N)C2)n1. The molecule has 1 saturated carbocycles. The molecule has 0 aliphatic heterocycles. The lowest BCUT2D eigenvalue weighted by molar-refractivity contribution is 0.177. The summed E-state index contributed by atoms with van der Waals surface area (Å²) in [5.41, 5.74) is 9.10. The molecule has 1 fully saturated rings. The molecule has 3 N–H and O–H groups in total. The second-order valence-electron chi connectivity index (χ2n) is 6.82. The maximum atomic E-state index is 5.93. The molecule has 0 unspecified atom stereocenters. The molecule has 0 atom stereocenters. The molecule has 2 heterocycles. The van der Waals surface area contributed by atoms with Gasteiger partial charge in [0, 0.05) is 37.4 Å². The highest BCUT2D eigenvalue weighted by Gasteiger charge is 2.29. The number of methoxy groups -OCH3 is 1. The van der Waals surface area contributed by atoms with E-state index in [1.165, 1.54) is 6.33 Å². The Kier molecular flexibility index (Phi) is 5.08. The smallest absolute Gasteiger partial charge is 0.156 e. The summed E-state index contributed by atoms with van der Waals surface area (Å²) in [5, 5.41) is 7.53. The minimum Gasteiger partial charge on any atom is -0.377 e. The molecule has 4 rings (SSSR count). The Morgan fingerprint density at radius 3 is 2.70 bits per heavy atom. The van der Waals surface area contributed by atoms with E-state index < -0.39 is 0 Å². The number of nitrogens with one attached hydrogen (secondary N) is 1. The third-order valence-electron chi connectivity index (χ3n) is 4.75. The Bertz CT molecular complexity index is 874. The van der Waals surface area contributed by atoms with Crippen molar-refractivity contribution < 1.29 is 4.74 Å². The Morgan fingerprint density at radius 1 is 1.22 bits per heavy atom. The van der Waals surface area contributed by atoms with E-state index in [9.17, 15) is 0 Å². The third-order valence-corrected chi connectivity index (χ3v) is 4.75. The Balaban J connectivity index is 1.45. The zero-order valence-corrected chi connectivity index (χ0v) is 15.2. The van der Waals surface area contributed by atoms with Crippen molar-refractivity contribution in [3.63, 3.8) is 0 Å². The second-order valence-corrected chi connectivity index (χ2v) is 6.82. The minimum atomic E-state index is 0.288. The molecule has 2 aromatic heterocycles. The van der Waals surface area contributed by atoms with E-state index in [1.54, 1.807) is 18.1 Å². The van der Waals surface area contributed by atoms with Crippen LogP contribution in [0.15, 0.2) is 43.0 Å². The number of benzene rings is 1. The van der Waals surface area contributed by atoms with Crippen LogP contribution in [0.4, 0.5) is 5.82 Å². The number of hydrogen-bond acceptors (Lipinski definition) is 7. The van der Waals surface area contributed by atoms with Gasteiger partial charge < -0.3 is 15.8 Å². The van der Waals surface area contributed by atoms with Crippen LogP contribution in [0.2, 0.25) is 0 Å². The maximum absolute atomic E-state index is 5.93. The average molecular weight is 365 g/mol. The van der Waals surface area contributed by atoms with Gasteiger partial charge in [0.15, 0.2) is 5.82 Å². The molecule has 0 spiro atoms. The molecule has 0 saturated heterocycles. The van der Waals surface area contributed by atoms with Gasteiger partial charge in [0.2, 0.25) is 0 Å². The van der Waals surface area contributed by atoms with Crippen molar-refractivity contribution in [2.24, 2.45) is 5.73 Å². The van der Waals surface area contributed by atoms with Crippen molar-refractivity contribution in [2.45, 2.75) is 38.0 Å². The molecule has 140 valence electrons. The van der Waals surface area contributed by atoms with Crippen molar-refractivity contribution in [1.29, 1.82) is 0 Å². The van der Waals surface area contributed by atoms with Gasteiger partial charge in [-0.2, -0.15) is 5.10 Å². The first-order chi connectivity index (χ1) is 13.2. The highest BCUT2D eigenvalue weighted by molar-refractivity contribution is 5.40. The lowest BCUT2D eigenvalue weighted by Crippen LogP contribution is -2.35. The van der Waals surface area contributed by atoms with Gasteiger partial charge in [-0.1, -0.05) is 12.1 Å². The summed E-state index contributed by atoms with van der Waals surface area (Å²) in [5.74, 6) is 1.92. The van der Waals surface area contributed by atoms with Crippen molar-refractivity contribution in [3.05, 3.63) is 60.1 Å². The van der Waals surface area contributed by atoms with Gasteiger partial charge in [-0.25, -0.2) is 19.6 Å². The second kappa shape index (κ2) is 7.81. The largest absolute Gasteiger partial charge is 0.377 e. The number of rotatable bonds is 7. The standard InChI is InChI=1S/C19H23N7O/c1-27-10-19-24-17(14-6-15(20)7-14)8-18(25-19)22-9-13-2-4-16(5-3-13)26-12-21-11-23-26/h2-5,8,11-12,14-15H,6-7,9-10,20H2,1H3,(H,22,24,25). The predicted molar refractivity (Wildman–Crippen MR) is 101 cm³/mol. The summed E-state index contributed by atoms with van der Waals surface area (Å²) in [6, 6.07) is 10.5. The van der Waals surface area contributed by atoms with Crippen LogP contribution in [-0.4, -0.2) is 37.9 Å². The van der Waals surface area contributed by atoms with Gasteiger partial charge in [-0.05, 0) is 30.5 Å². The van der Waals surface area contributed by atoms with Crippen molar-refractivity contribution in [2.75, 3.05) is 12.4 Å². The molecule has 1 aliphatic rings. The van der Waals surface area contributed by atoms with Gasteiger partial charge in [-0.15, -0.1) is 0 Å². The first-order valence-electron chi connectivity index (χ1n) is 9.01. The van der Waals surface area contributed by atoms with Crippen LogP contribution < -0.4 is 11.1 Å². The van der Waals surface area contributed by atoms with E-state index >= 15 is 0 Å². The summed E-state index contributed by atoms with van der Waals surface area (Å²) in [6.45, 7) is 1.07. The summed E-state index contributed by atoms with van der Waals surface area (Å²) in [7, 11) is 1.65. The molecule has 1 aliphatic carbocycles. The van der Waals surface area contributed by atoms with E-state index in [1.807, 2.05) is 18.2 Å². The number of anilines is 1. The minimum absolute atomic E-state index is 0.288. The van der Waals surface area contributed by atoms with Gasteiger partial charge in [-0.3, -0.25) is 0 Å². The normalized spacial score (nSPS) is 18.9. The van der Waals surface area contributed by atoms with Crippen LogP contribution >= 0.6 is 0 Å². The summed E-state index contributed by atoms with van der Waals surface area (Å²) >= 11 is 0. The van der Waals surface area contributed by atoms with E-state index in [4.69, 9.17) is 10.5 Å². The van der Waals surface area contributed by atoms with Gasteiger partial charge in [0.05, 0.1) is 5.69 Å². The fraction of sp³-hybridized carbons (Fsp3) is 0.368. The maximum Gasteiger partial charge on any atom is 0.156 e. The Morgan fingerprint density at radius 2 is 2.04 bits per heavy atom. The molecule has 0 radical (unpaired) electrons. The quantitative estimate of drug-likeness (QED) is 0.660. The van der Waals surface area contributed by atoms with Crippen LogP contribution in [0.1, 0.15) is 35.8 Å². The van der Waals surface area contributed by atoms with Crippen molar-refractivity contribution in [3.8, 4) is 5.69 Å². The predicted octanol–water partition coefficient (Wildman–Crippen LogP) is 2.02. The Hall–Kier alpha value is -2.84. The first-order valence-corrected chi connectivity index (χ1v) is 9.01. The summed E-state index contributed by atoms with van der Waals surface area (Å²) in [4.78, 5) is 13.1. The number of nitrogens with two attached hydrogens (primary N) is 1. The highest BCUT2D eigenvalue weighted by Crippen LogP contribution is 2.35. The van der Waals surface area contributed by atoms with Crippen LogP contribution in [0.3, 0.4) is 0 Å². The lowest BCUT2D eigenvalue weighted by atomic mass is 9.78. The van der Waals surface area contributed by atoms with Gasteiger partial charge in [0.1, 0.15) is 25.1 Å². The molecule has 3 aromatic rings. The van der Waals surface area contributed by atoms with Crippen LogP contribution in [0.25, 0.3) is 5.69 Å². The topological polar surface area (TPSA) is 104 Å². The highest BCUT2D eigenvalue weighted by atomic mass is 16.5. The van der Waals surface area contributed by atoms with Gasteiger partial charge in [0.25, 0.3) is 0 Å². The average Bonchev–Trinajstić information content (AvgIpc) is 3.19. The molecular weight excluding hydrogens is 342 g/mol. The van der Waals surface area contributed by atoms with E-state index in [2.05, 4.69) is 37.5 Å². The van der Waals surface area contributed by atoms with Gasteiger partial charge >= 0.3 is 0 Å². The van der Waals surface area contributed by atoms with Crippen LogP contribution in [0.5, 0.6) is 0 Å². The fourth-order valence-corrected chi connectivity index (χ4v) is 3.22. The summed E-state index contributed by atoms with van der Waals surface area (Å²) in [6.07, 6.45) is 5.16. The molecular formula is C19H23N7O. The van der Waals surface area contributed by atoms with E-state index in [0.29, 0.717) is 24.9 Å². The molecule has 0 amide bonds. The molecule has 27 heavy (non-hydrogen) atoms. The molecule has 0 bridgehead atoms. The number of ether oxygens (including phenoxy) is 1. The van der Waals surface area contributed by atoms with Crippen LogP contribution in [-0.2, 0) is 17.9 Å². The third kappa shape index (κ3) is 4.12. The Labute approximate surface area is 157 Å². The fourth-order valence-electron chi connectivity index (χ4n) is 3.22. The van der Waals surface area contributed by atoms with E-state index in [-0.39, 0.29) is 6.04 Å². The molecule has 8 heteroatoms. The van der Waals surface area contributed by atoms with Crippen molar-refractivity contribution >= 4 is 5.82 Å². The number of hydrogen-bond donors (Lipinski definition) is 2. The van der Waals surface area contributed by atoms with Crippen molar-refractivity contribution in [1.82, 2.24) is 24.7 Å². The zero-order chi connectivity index (χ0) is 18.6. The number of aromatic nitrogens is 5. The summed E-state index contributed by atoms with van der Waals surface area (Å²) < 4.78 is 6.94. The zero-order valence-electron chi connectivity index (χ0n) is 15.2. The monoisotopic (exact) mass is 365 g/mol. The molecule has 1 aromatic carbocycles. The molecule has 8 nitrogen and oxygen atoms in total. The van der Waals surface area contributed by atoms with Crippen LogP contribution in [0, 0.1) is 0 Å². The van der Waals surface area contributed by atoms with E-state index in [0.717, 1.165) is 35.6 Å². The lowest BCUT2D eigenvalue weighted by Gasteiger charge is -2.32. The number of nitrogens with zero attached hydrogens (tertiary/aromatic N) is 5. The first kappa shape index (κ1) is 17.6.